The number of aliphatic hydroxyl groups excluding tert-OH is 9. The Balaban J connectivity index is 1.34. The lowest BCUT2D eigenvalue weighted by Gasteiger charge is -2.42. The predicted octanol–water partition coefficient (Wildman–Crippen LogP) is -6.74. The molecule has 4 aliphatic rings. The number of amides is 7. The molecule has 17 unspecified atom stereocenters. The van der Waals surface area contributed by atoms with E-state index in [2.05, 4.69) is 31.9 Å². The van der Waals surface area contributed by atoms with Crippen molar-refractivity contribution in [3.05, 3.63) is 0 Å². The minimum atomic E-state index is -1.49. The van der Waals surface area contributed by atoms with E-state index in [4.69, 9.17) is 61.6 Å². The summed E-state index contributed by atoms with van der Waals surface area (Å²) in [6.45, 7) is 8.76. The fourth-order valence-electron chi connectivity index (χ4n) is 11.4. The van der Waals surface area contributed by atoms with Crippen LogP contribution in [0.2, 0.25) is 0 Å². The van der Waals surface area contributed by atoms with Gasteiger partial charge in [-0.2, -0.15) is 0 Å². The summed E-state index contributed by atoms with van der Waals surface area (Å²) in [5, 5.41) is 107. The first kappa shape index (κ1) is 88.5. The molecule has 7 amide bonds. The molecule has 4 rings (SSSR count). The zero-order chi connectivity index (χ0) is 74.6. The molecule has 0 bridgehead atoms. The van der Waals surface area contributed by atoms with Crippen molar-refractivity contribution in [3.63, 3.8) is 0 Å². The van der Waals surface area contributed by atoms with E-state index in [1.54, 1.807) is 0 Å². The first-order chi connectivity index (χ1) is 48.1. The molecule has 0 aromatic carbocycles. The zero-order valence-corrected chi connectivity index (χ0v) is 59.0. The van der Waals surface area contributed by atoms with Gasteiger partial charge in [0.1, 0.15) is 85.3 Å². The molecule has 3 aliphatic heterocycles. The zero-order valence-electron chi connectivity index (χ0n) is 59.0. The molecule has 15 N–H and O–H groups in total. The third kappa shape index (κ3) is 32.1. The molecule has 17 atom stereocenters. The van der Waals surface area contributed by atoms with E-state index in [1.807, 2.05) is 20.8 Å². The van der Waals surface area contributed by atoms with Crippen LogP contribution in [0.4, 0.5) is 0 Å². The average molecular weight is 1460 g/mol. The highest BCUT2D eigenvalue weighted by molar-refractivity contribution is 5.95. The van der Waals surface area contributed by atoms with Crippen molar-refractivity contribution in [3.8, 4) is 0 Å². The predicted molar refractivity (Wildman–Crippen MR) is 348 cm³/mol. The van der Waals surface area contributed by atoms with Gasteiger partial charge in [0.05, 0.1) is 137 Å². The van der Waals surface area contributed by atoms with E-state index in [-0.39, 0.29) is 150 Å². The molecule has 37 heteroatoms. The smallest absolute Gasteiger partial charge is 0.246 e. The van der Waals surface area contributed by atoms with Crippen molar-refractivity contribution >= 4 is 47.1 Å². The summed E-state index contributed by atoms with van der Waals surface area (Å²) in [5.41, 5.74) is -0.419. The number of hydrogen-bond donors (Lipinski definition) is 15. The monoisotopic (exact) mass is 1460 g/mol. The number of hydrogen-bond acceptors (Lipinski definition) is 30. The molecule has 4 fully saturated rings. The third-order valence-corrected chi connectivity index (χ3v) is 16.6. The highest BCUT2D eigenvalue weighted by Crippen LogP contribution is 2.32. The van der Waals surface area contributed by atoms with E-state index < -0.39 is 183 Å². The Morgan fingerprint density at radius 2 is 0.901 bits per heavy atom. The van der Waals surface area contributed by atoms with Gasteiger partial charge in [0.15, 0.2) is 18.9 Å². The molecular weight excluding hydrogens is 1350 g/mol. The summed E-state index contributed by atoms with van der Waals surface area (Å²) in [7, 11) is 0. The van der Waals surface area contributed by atoms with Gasteiger partial charge in [-0.1, -0.05) is 0 Å². The molecule has 0 spiro atoms. The second-order valence-corrected chi connectivity index (χ2v) is 25.9. The number of aliphatic hydroxyl groups is 9. The lowest BCUT2D eigenvalue weighted by Crippen LogP contribution is -2.64. The van der Waals surface area contributed by atoms with E-state index in [9.17, 15) is 84.3 Å². The Morgan fingerprint density at radius 3 is 1.33 bits per heavy atom. The maximum Gasteiger partial charge on any atom is 0.246 e. The molecule has 0 aromatic rings. The average Bonchev–Trinajstić information content (AvgIpc) is 0.825. The fourth-order valence-corrected chi connectivity index (χ4v) is 11.4. The minimum Gasteiger partial charge on any atom is -0.394 e. The van der Waals surface area contributed by atoms with E-state index >= 15 is 0 Å². The van der Waals surface area contributed by atoms with Gasteiger partial charge in [-0.25, -0.2) is 0 Å². The molecule has 1 aliphatic carbocycles. The second kappa shape index (κ2) is 47.5. The summed E-state index contributed by atoms with van der Waals surface area (Å²) < 4.78 is 73.4. The van der Waals surface area contributed by atoms with Crippen LogP contribution in [0.25, 0.3) is 0 Å². The number of Topliss-reactive ketones (excluding diaryl/α,β-unsaturated/α-hetero) is 1. The van der Waals surface area contributed by atoms with Crippen molar-refractivity contribution in [2.75, 3.05) is 145 Å². The third-order valence-electron chi connectivity index (χ3n) is 16.6. The van der Waals surface area contributed by atoms with Crippen molar-refractivity contribution in [2.24, 2.45) is 11.8 Å². The first-order valence-electron chi connectivity index (χ1n) is 34.4. The molecule has 3 saturated heterocycles. The van der Waals surface area contributed by atoms with E-state index in [1.165, 1.54) is 27.7 Å². The van der Waals surface area contributed by atoms with Gasteiger partial charge in [0.25, 0.3) is 0 Å². The van der Waals surface area contributed by atoms with Crippen LogP contribution in [0, 0.1) is 11.8 Å². The van der Waals surface area contributed by atoms with Crippen molar-refractivity contribution < 1.29 is 146 Å². The largest absolute Gasteiger partial charge is 0.394 e. The van der Waals surface area contributed by atoms with Crippen LogP contribution >= 0.6 is 0 Å². The summed E-state index contributed by atoms with van der Waals surface area (Å²) in [4.78, 5) is 107. The van der Waals surface area contributed by atoms with Gasteiger partial charge in [0, 0.05) is 58.2 Å². The number of nitrogens with one attached hydrogen (secondary N) is 6. The molecule has 584 valence electrons. The highest BCUT2D eigenvalue weighted by Gasteiger charge is 2.48. The van der Waals surface area contributed by atoms with Gasteiger partial charge in [-0.05, 0) is 66.7 Å². The number of ketones is 1. The molecule has 0 aromatic heterocycles. The Labute approximate surface area is 588 Å². The topological polar surface area (TPSA) is 514 Å². The van der Waals surface area contributed by atoms with Gasteiger partial charge in [-0.3, -0.25) is 33.6 Å². The van der Waals surface area contributed by atoms with Gasteiger partial charge in [0.2, 0.25) is 41.4 Å². The molecule has 101 heavy (non-hydrogen) atoms. The van der Waals surface area contributed by atoms with Crippen molar-refractivity contribution in [2.45, 2.75) is 203 Å². The Bertz CT molecular complexity index is 2450. The van der Waals surface area contributed by atoms with Crippen molar-refractivity contribution in [1.29, 1.82) is 0 Å². The fraction of sp³-hybridized carbons (Fsp3) is 0.875. The Hall–Kier alpha value is -4.92. The second-order valence-electron chi connectivity index (χ2n) is 25.9. The van der Waals surface area contributed by atoms with Crippen LogP contribution in [-0.4, -0.2) is 353 Å². The van der Waals surface area contributed by atoms with Crippen LogP contribution in [0.1, 0.15) is 93.4 Å². The van der Waals surface area contributed by atoms with Crippen LogP contribution in [0.15, 0.2) is 0 Å². The number of ether oxygens (including phenoxy) is 13. The number of carbonyl (C=O) groups is 8. The van der Waals surface area contributed by atoms with Crippen LogP contribution < -0.4 is 31.9 Å². The number of nitrogens with zero attached hydrogens (tertiary/aromatic N) is 1. The SMILES string of the molecule is CC(=O)CC1C(OCCOCCOCCNC(=O)CN(C(=O)C(CCC(=O)NCCOCCOCCOC2OC(CO)C(O)C(O)C2NC(C)=O)NC(=O)C2CCC(OC(C)(C)C)CC2)C(C)C(=O)NCCOCCOCCOC2OC(CO)C(O)C(O)C2NC(C)=O)OC(CO)C(O)C1O. The summed E-state index contributed by atoms with van der Waals surface area (Å²) in [5.74, 6) is -5.91. The van der Waals surface area contributed by atoms with E-state index in [0.29, 0.717) is 25.7 Å². The number of carbonyl (C=O) groups excluding carboxylic acids is 8. The summed E-state index contributed by atoms with van der Waals surface area (Å²) in [6.07, 6.45) is -14.4. The quantitative estimate of drug-likeness (QED) is 0.0252. The minimum absolute atomic E-state index is 0.00869. The van der Waals surface area contributed by atoms with Crippen LogP contribution in [-0.2, 0) is 99.9 Å². The lowest BCUT2D eigenvalue weighted by atomic mass is 9.86. The molecule has 3 heterocycles. The maximum absolute atomic E-state index is 14.9. The lowest BCUT2D eigenvalue weighted by molar-refractivity contribution is -0.287. The maximum atomic E-state index is 14.9. The van der Waals surface area contributed by atoms with Crippen LogP contribution in [0.3, 0.4) is 0 Å². The molecule has 0 radical (unpaired) electrons. The first-order valence-corrected chi connectivity index (χ1v) is 34.4. The van der Waals surface area contributed by atoms with Crippen LogP contribution in [0.5, 0.6) is 0 Å². The van der Waals surface area contributed by atoms with Crippen molar-refractivity contribution in [1.82, 2.24) is 36.8 Å². The molecule has 37 nitrogen and oxygen atoms in total. The molecular formula is C64H113N7O30. The Morgan fingerprint density at radius 1 is 0.505 bits per heavy atom. The van der Waals surface area contributed by atoms with E-state index in [0.717, 1.165) is 4.90 Å². The summed E-state index contributed by atoms with van der Waals surface area (Å²) in [6, 6.07) is -5.00. The van der Waals surface area contributed by atoms with Gasteiger partial charge < -0.3 is 149 Å². The standard InChI is InChI=1S/C64H113N7O30/c1-37(75)32-43-52(80)53(81)45(34-72)98-61(43)95-29-26-92-23-21-90-18-15-66-49(79)33-71(38(2)58(86)67-16-19-91-22-25-94-28-31-97-63-51(69-40(4)77)57(85)55(83)47(36-74)100-63)60(88)44(70-59(87)41-8-10-42(11-9-41)101-64(5,6)7)12-13-48(78)65-14-17-89-20-24-93-27-30-96-62-50(68-39(3)76)56(84)54(82)46(35-73)99-62/h38,41-47,50-57,61-63,72-74,80-85H,8-36H2,1-7H3,(H,65,78)(H,66,79)(H,67,86)(H,68,76)(H,69,77)(H,70,87). The van der Waals surface area contributed by atoms with Gasteiger partial charge >= 0.3 is 0 Å². The number of rotatable bonds is 48. The van der Waals surface area contributed by atoms with Gasteiger partial charge in [-0.15, -0.1) is 0 Å². The highest BCUT2D eigenvalue weighted by atomic mass is 16.7. The normalized spacial score (nSPS) is 28.3. The summed E-state index contributed by atoms with van der Waals surface area (Å²) >= 11 is 0. The Kier molecular flexibility index (Phi) is 41.6. The molecule has 1 saturated carbocycles.